The van der Waals surface area contributed by atoms with Crippen LogP contribution in [0.1, 0.15) is 50.3 Å². The molecule has 1 aliphatic carbocycles. The van der Waals surface area contributed by atoms with E-state index in [1.165, 1.54) is 4.90 Å². The summed E-state index contributed by atoms with van der Waals surface area (Å²) in [6.07, 6.45) is 5.49. The van der Waals surface area contributed by atoms with Gasteiger partial charge in [-0.05, 0) is 56.5 Å². The van der Waals surface area contributed by atoms with E-state index in [1.807, 2.05) is 12.1 Å². The molecule has 1 saturated carbocycles. The zero-order chi connectivity index (χ0) is 21.4. The van der Waals surface area contributed by atoms with Crippen molar-refractivity contribution in [2.75, 3.05) is 26.2 Å². The van der Waals surface area contributed by atoms with Crippen LogP contribution in [0, 0.1) is 0 Å². The van der Waals surface area contributed by atoms with E-state index in [1.54, 1.807) is 12.1 Å². The lowest BCUT2D eigenvalue weighted by Gasteiger charge is -2.31. The van der Waals surface area contributed by atoms with Crippen LogP contribution in [0.15, 0.2) is 28.8 Å². The maximum absolute atomic E-state index is 12.8. The fraction of sp³-hybridized carbons (Fsp3) is 0.545. The highest BCUT2D eigenvalue weighted by Crippen LogP contribution is 2.35. The Balaban J connectivity index is 1.20. The molecule has 1 aromatic heterocycles. The number of aromatic nitrogens is 2. The predicted molar refractivity (Wildman–Crippen MR) is 115 cm³/mol. The standard InChI is InChI=1S/C22H26ClN5O3/c23-17-7-5-15(6-8-17)18-24-19(31-26-18)16-4-3-11-27(14-16)12-13-28-20(29)22(25-21(28)30)9-1-2-10-22/h5-8,16H,1-4,9-14H2,(H,25,30). The van der Waals surface area contributed by atoms with Gasteiger partial charge in [-0.15, -0.1) is 0 Å². The van der Waals surface area contributed by atoms with E-state index in [4.69, 9.17) is 16.1 Å². The molecule has 9 heteroatoms. The molecule has 1 atom stereocenters. The molecule has 164 valence electrons. The summed E-state index contributed by atoms with van der Waals surface area (Å²) in [7, 11) is 0. The monoisotopic (exact) mass is 443 g/mol. The topological polar surface area (TPSA) is 91.6 Å². The average molecular weight is 444 g/mol. The molecule has 0 radical (unpaired) electrons. The largest absolute Gasteiger partial charge is 0.339 e. The second-order valence-electron chi connectivity index (χ2n) is 8.78. The lowest BCUT2D eigenvalue weighted by Crippen LogP contribution is -2.45. The Kier molecular flexibility index (Phi) is 5.44. The van der Waals surface area contributed by atoms with Gasteiger partial charge in [0.25, 0.3) is 5.91 Å². The first kappa shape index (κ1) is 20.5. The fourth-order valence-corrected chi connectivity index (χ4v) is 5.14. The molecular formula is C22H26ClN5O3. The summed E-state index contributed by atoms with van der Waals surface area (Å²) in [5.74, 6) is 1.29. The minimum Gasteiger partial charge on any atom is -0.339 e. The van der Waals surface area contributed by atoms with E-state index in [9.17, 15) is 9.59 Å². The minimum atomic E-state index is -0.636. The van der Waals surface area contributed by atoms with Gasteiger partial charge in [-0.1, -0.05) is 29.6 Å². The summed E-state index contributed by atoms with van der Waals surface area (Å²) in [6.45, 7) is 2.78. The van der Waals surface area contributed by atoms with Crippen molar-refractivity contribution in [2.24, 2.45) is 0 Å². The smallest absolute Gasteiger partial charge is 0.325 e. The van der Waals surface area contributed by atoms with E-state index in [-0.39, 0.29) is 17.9 Å². The number of benzene rings is 1. The van der Waals surface area contributed by atoms with Gasteiger partial charge in [-0.25, -0.2) is 4.79 Å². The zero-order valence-corrected chi connectivity index (χ0v) is 18.1. The number of hydrogen-bond donors (Lipinski definition) is 1. The van der Waals surface area contributed by atoms with Crippen molar-refractivity contribution in [1.29, 1.82) is 0 Å². The Morgan fingerprint density at radius 3 is 2.68 bits per heavy atom. The van der Waals surface area contributed by atoms with E-state index in [2.05, 4.69) is 20.4 Å². The van der Waals surface area contributed by atoms with Gasteiger partial charge in [-0.3, -0.25) is 9.69 Å². The van der Waals surface area contributed by atoms with Crippen LogP contribution < -0.4 is 5.32 Å². The molecule has 3 heterocycles. The van der Waals surface area contributed by atoms with E-state index in [0.717, 1.165) is 57.2 Å². The maximum atomic E-state index is 12.8. The van der Waals surface area contributed by atoms with Crippen molar-refractivity contribution in [3.8, 4) is 11.4 Å². The molecule has 1 N–H and O–H groups in total. The van der Waals surface area contributed by atoms with Gasteiger partial charge in [0, 0.05) is 30.2 Å². The third-order valence-electron chi connectivity index (χ3n) is 6.74. The number of rotatable bonds is 5. The van der Waals surface area contributed by atoms with Gasteiger partial charge in [0.2, 0.25) is 11.7 Å². The van der Waals surface area contributed by atoms with Crippen molar-refractivity contribution in [3.05, 3.63) is 35.2 Å². The molecule has 0 bridgehead atoms. The fourth-order valence-electron chi connectivity index (χ4n) is 5.02. The number of carbonyl (C=O) groups is 2. The molecule has 1 unspecified atom stereocenters. The highest BCUT2D eigenvalue weighted by atomic mass is 35.5. The van der Waals surface area contributed by atoms with Crippen LogP contribution in [-0.2, 0) is 4.79 Å². The molecule has 2 saturated heterocycles. The highest BCUT2D eigenvalue weighted by molar-refractivity contribution is 6.30. The summed E-state index contributed by atoms with van der Waals surface area (Å²) < 4.78 is 5.56. The van der Waals surface area contributed by atoms with Gasteiger partial charge in [-0.2, -0.15) is 4.98 Å². The lowest BCUT2D eigenvalue weighted by molar-refractivity contribution is -0.131. The Bertz CT molecular complexity index is 970. The lowest BCUT2D eigenvalue weighted by atomic mass is 9.97. The summed E-state index contributed by atoms with van der Waals surface area (Å²) in [4.78, 5) is 33.5. The predicted octanol–water partition coefficient (Wildman–Crippen LogP) is 3.43. The number of nitrogens with zero attached hydrogens (tertiary/aromatic N) is 4. The van der Waals surface area contributed by atoms with Gasteiger partial charge in [0.15, 0.2) is 0 Å². The molecule has 3 amide bonds. The van der Waals surface area contributed by atoms with Crippen LogP contribution in [0.5, 0.6) is 0 Å². The number of nitrogens with one attached hydrogen (secondary N) is 1. The van der Waals surface area contributed by atoms with Crippen LogP contribution in [0.2, 0.25) is 5.02 Å². The van der Waals surface area contributed by atoms with Gasteiger partial charge in [0.1, 0.15) is 5.54 Å². The summed E-state index contributed by atoms with van der Waals surface area (Å²) in [5.41, 5.74) is 0.232. The Hall–Kier alpha value is -2.45. The number of amides is 3. The Morgan fingerprint density at radius 2 is 1.90 bits per heavy atom. The van der Waals surface area contributed by atoms with E-state index in [0.29, 0.717) is 29.8 Å². The molecule has 8 nitrogen and oxygen atoms in total. The van der Waals surface area contributed by atoms with Gasteiger partial charge < -0.3 is 14.7 Å². The molecule has 31 heavy (non-hydrogen) atoms. The zero-order valence-electron chi connectivity index (χ0n) is 17.3. The minimum absolute atomic E-state index is 0.0481. The number of likely N-dealkylation sites (tertiary alicyclic amines) is 1. The Morgan fingerprint density at radius 1 is 1.13 bits per heavy atom. The summed E-state index contributed by atoms with van der Waals surface area (Å²) >= 11 is 5.95. The first-order valence-corrected chi connectivity index (χ1v) is 11.4. The molecule has 5 rings (SSSR count). The molecule has 2 aliphatic heterocycles. The second kappa shape index (κ2) is 8.24. The number of hydrogen-bond acceptors (Lipinski definition) is 6. The second-order valence-corrected chi connectivity index (χ2v) is 9.22. The first-order valence-electron chi connectivity index (χ1n) is 11.0. The van der Waals surface area contributed by atoms with Crippen molar-refractivity contribution in [3.63, 3.8) is 0 Å². The third-order valence-corrected chi connectivity index (χ3v) is 6.99. The van der Waals surface area contributed by atoms with Crippen LogP contribution in [0.25, 0.3) is 11.4 Å². The van der Waals surface area contributed by atoms with Crippen molar-refractivity contribution in [2.45, 2.75) is 50.0 Å². The Labute approximate surface area is 185 Å². The third kappa shape index (κ3) is 3.94. The number of piperidine rings is 1. The molecular weight excluding hydrogens is 418 g/mol. The summed E-state index contributed by atoms with van der Waals surface area (Å²) in [6, 6.07) is 7.12. The SMILES string of the molecule is O=C1NC2(CCCC2)C(=O)N1CCN1CCCC(c2nc(-c3ccc(Cl)cc3)no2)C1. The van der Waals surface area contributed by atoms with Crippen LogP contribution in [-0.4, -0.2) is 63.6 Å². The molecule has 3 aliphatic rings. The first-order chi connectivity index (χ1) is 15.0. The quantitative estimate of drug-likeness (QED) is 0.712. The maximum Gasteiger partial charge on any atom is 0.325 e. The van der Waals surface area contributed by atoms with E-state index < -0.39 is 5.54 Å². The number of carbonyl (C=O) groups excluding carboxylic acids is 2. The number of urea groups is 1. The molecule has 1 aromatic carbocycles. The van der Waals surface area contributed by atoms with Crippen LogP contribution in [0.3, 0.4) is 0 Å². The molecule has 3 fully saturated rings. The van der Waals surface area contributed by atoms with Gasteiger partial charge >= 0.3 is 6.03 Å². The number of imide groups is 1. The van der Waals surface area contributed by atoms with E-state index >= 15 is 0 Å². The van der Waals surface area contributed by atoms with Crippen LogP contribution in [0.4, 0.5) is 4.79 Å². The summed E-state index contributed by atoms with van der Waals surface area (Å²) in [5, 5.41) is 7.75. The van der Waals surface area contributed by atoms with Crippen LogP contribution >= 0.6 is 11.6 Å². The van der Waals surface area contributed by atoms with Crippen molar-refractivity contribution in [1.82, 2.24) is 25.3 Å². The molecule has 2 aromatic rings. The average Bonchev–Trinajstić information content (AvgIpc) is 3.49. The normalized spacial score (nSPS) is 23.6. The van der Waals surface area contributed by atoms with Crippen molar-refractivity contribution >= 4 is 23.5 Å². The number of halogens is 1. The highest BCUT2D eigenvalue weighted by Gasteiger charge is 2.52. The molecule has 1 spiro atoms. The van der Waals surface area contributed by atoms with Gasteiger partial charge in [0.05, 0.1) is 5.92 Å². The van der Waals surface area contributed by atoms with Crippen molar-refractivity contribution < 1.29 is 14.1 Å².